The smallest absolute Gasteiger partial charge is 0.224 e. The van der Waals surface area contributed by atoms with Gasteiger partial charge in [-0.3, -0.25) is 4.79 Å². The second-order valence-corrected chi connectivity index (χ2v) is 5.11. The molecule has 1 heterocycles. The largest absolute Gasteiger partial charge is 0.370 e. The monoisotopic (exact) mass is 312 g/mol. The van der Waals surface area contributed by atoms with Crippen molar-refractivity contribution in [3.63, 3.8) is 0 Å². The predicted octanol–water partition coefficient (Wildman–Crippen LogP) is 1.70. The number of morpholine rings is 1. The molecule has 0 saturated carbocycles. The maximum atomic E-state index is 11.8. The van der Waals surface area contributed by atoms with Gasteiger partial charge >= 0.3 is 0 Å². The Balaban J connectivity index is 2.07. The summed E-state index contributed by atoms with van der Waals surface area (Å²) in [5.74, 6) is 0.109. The van der Waals surface area contributed by atoms with Crippen LogP contribution in [0.5, 0.6) is 0 Å². The van der Waals surface area contributed by atoms with Crippen molar-refractivity contribution in [2.75, 3.05) is 26.2 Å². The van der Waals surface area contributed by atoms with Crippen LogP contribution in [0.25, 0.3) is 0 Å². The molecule has 0 aliphatic carbocycles. The van der Waals surface area contributed by atoms with Gasteiger partial charge in [0.2, 0.25) is 5.91 Å². The van der Waals surface area contributed by atoms with Crippen molar-refractivity contribution in [3.8, 4) is 0 Å². The molecule has 0 radical (unpaired) electrons. The predicted molar refractivity (Wildman–Crippen MR) is 73.1 cm³/mol. The normalized spacial score (nSPS) is 19.9. The van der Waals surface area contributed by atoms with Gasteiger partial charge in [-0.2, -0.15) is 0 Å². The van der Waals surface area contributed by atoms with Gasteiger partial charge in [-0.05, 0) is 11.6 Å². The third kappa shape index (κ3) is 3.10. The van der Waals surface area contributed by atoms with Crippen LogP contribution in [0, 0.1) is 0 Å². The molecule has 0 spiro atoms. The number of rotatable bonds is 3. The number of hydrogen-bond donors (Lipinski definition) is 1. The Bertz CT molecular complexity index is 425. The molecule has 2 rings (SSSR count). The van der Waals surface area contributed by atoms with Crippen LogP contribution >= 0.6 is 15.9 Å². The molecule has 1 fully saturated rings. The number of benzene rings is 1. The van der Waals surface area contributed by atoms with Gasteiger partial charge in [0.1, 0.15) is 6.10 Å². The zero-order valence-corrected chi connectivity index (χ0v) is 11.7. The van der Waals surface area contributed by atoms with Gasteiger partial charge in [0.15, 0.2) is 0 Å². The average Bonchev–Trinajstić information content (AvgIpc) is 2.40. The fourth-order valence-corrected chi connectivity index (χ4v) is 2.62. The SMILES string of the molecule is NCCC(=O)N1CCO[C@@H](c2ccccc2Br)C1. The second-order valence-electron chi connectivity index (χ2n) is 4.26. The average molecular weight is 313 g/mol. The minimum absolute atomic E-state index is 0.0592. The minimum atomic E-state index is -0.0592. The van der Waals surface area contributed by atoms with Crippen molar-refractivity contribution < 1.29 is 9.53 Å². The van der Waals surface area contributed by atoms with E-state index in [9.17, 15) is 4.79 Å². The van der Waals surface area contributed by atoms with Gasteiger partial charge in [-0.25, -0.2) is 0 Å². The van der Waals surface area contributed by atoms with Gasteiger partial charge in [0.25, 0.3) is 0 Å². The van der Waals surface area contributed by atoms with Gasteiger partial charge in [-0.15, -0.1) is 0 Å². The number of hydrogen-bond acceptors (Lipinski definition) is 3. The van der Waals surface area contributed by atoms with E-state index >= 15 is 0 Å². The fraction of sp³-hybridized carbons (Fsp3) is 0.462. The van der Waals surface area contributed by atoms with Crippen LogP contribution in [0.1, 0.15) is 18.1 Å². The van der Waals surface area contributed by atoms with Crippen LogP contribution in [0.15, 0.2) is 28.7 Å². The van der Waals surface area contributed by atoms with Crippen LogP contribution in [0.3, 0.4) is 0 Å². The maximum absolute atomic E-state index is 11.8. The third-order valence-corrected chi connectivity index (χ3v) is 3.75. The van der Waals surface area contributed by atoms with Gasteiger partial charge in [0, 0.05) is 24.0 Å². The highest BCUT2D eigenvalue weighted by molar-refractivity contribution is 9.10. The first kappa shape index (κ1) is 13.5. The Morgan fingerprint density at radius 1 is 1.50 bits per heavy atom. The Hall–Kier alpha value is -0.910. The lowest BCUT2D eigenvalue weighted by Crippen LogP contribution is -2.42. The molecule has 1 aromatic carbocycles. The van der Waals surface area contributed by atoms with Crippen molar-refractivity contribution in [1.29, 1.82) is 0 Å². The molecule has 98 valence electrons. The number of nitrogens with zero attached hydrogens (tertiary/aromatic N) is 1. The summed E-state index contributed by atoms with van der Waals surface area (Å²) in [6.07, 6.45) is 0.346. The van der Waals surface area contributed by atoms with E-state index in [1.165, 1.54) is 0 Å². The molecule has 18 heavy (non-hydrogen) atoms. The first-order valence-corrected chi connectivity index (χ1v) is 6.85. The van der Waals surface area contributed by atoms with Gasteiger partial charge in [0.05, 0.1) is 13.2 Å². The van der Waals surface area contributed by atoms with E-state index in [2.05, 4.69) is 15.9 Å². The van der Waals surface area contributed by atoms with E-state index in [-0.39, 0.29) is 12.0 Å². The number of amides is 1. The Morgan fingerprint density at radius 3 is 3.00 bits per heavy atom. The lowest BCUT2D eigenvalue weighted by Gasteiger charge is -2.33. The van der Waals surface area contributed by atoms with E-state index in [4.69, 9.17) is 10.5 Å². The summed E-state index contributed by atoms with van der Waals surface area (Å²) in [5.41, 5.74) is 6.51. The standard InChI is InChI=1S/C13H17BrN2O2/c14-11-4-2-1-3-10(11)12-9-16(7-8-18-12)13(17)5-6-15/h1-4,12H,5-9,15H2/t12-/m1/s1. The number of halogens is 1. The summed E-state index contributed by atoms with van der Waals surface area (Å²) in [6.45, 7) is 2.22. The molecule has 4 nitrogen and oxygen atoms in total. The third-order valence-electron chi connectivity index (χ3n) is 3.03. The molecule has 1 atom stereocenters. The first-order chi connectivity index (χ1) is 8.72. The summed E-state index contributed by atoms with van der Waals surface area (Å²) in [7, 11) is 0. The van der Waals surface area contributed by atoms with E-state index in [1.807, 2.05) is 29.2 Å². The van der Waals surface area contributed by atoms with Crippen molar-refractivity contribution in [2.45, 2.75) is 12.5 Å². The molecule has 2 N–H and O–H groups in total. The van der Waals surface area contributed by atoms with Crippen LogP contribution < -0.4 is 5.73 Å². The zero-order chi connectivity index (χ0) is 13.0. The van der Waals surface area contributed by atoms with Crippen molar-refractivity contribution in [2.24, 2.45) is 5.73 Å². The van der Waals surface area contributed by atoms with E-state index < -0.39 is 0 Å². The van der Waals surface area contributed by atoms with Crippen LogP contribution in [-0.4, -0.2) is 37.0 Å². The van der Waals surface area contributed by atoms with Crippen molar-refractivity contribution in [1.82, 2.24) is 4.90 Å². The molecule has 1 aliphatic heterocycles. The summed E-state index contributed by atoms with van der Waals surface area (Å²) < 4.78 is 6.77. The first-order valence-electron chi connectivity index (χ1n) is 6.06. The Morgan fingerprint density at radius 2 is 2.28 bits per heavy atom. The molecule has 1 aromatic rings. The summed E-state index contributed by atoms with van der Waals surface area (Å²) >= 11 is 3.52. The van der Waals surface area contributed by atoms with Crippen LogP contribution in [0.4, 0.5) is 0 Å². The maximum Gasteiger partial charge on any atom is 0.224 e. The topological polar surface area (TPSA) is 55.6 Å². The molecule has 0 bridgehead atoms. The van der Waals surface area contributed by atoms with Crippen LogP contribution in [-0.2, 0) is 9.53 Å². The fourth-order valence-electron chi connectivity index (χ4n) is 2.08. The molecule has 5 heteroatoms. The number of ether oxygens (including phenoxy) is 1. The molecule has 1 saturated heterocycles. The number of nitrogens with two attached hydrogens (primary N) is 1. The summed E-state index contributed by atoms with van der Waals surface area (Å²) in [4.78, 5) is 13.7. The molecule has 1 amide bonds. The Labute approximate surface area is 115 Å². The molecule has 0 unspecified atom stereocenters. The summed E-state index contributed by atoms with van der Waals surface area (Å²) in [5, 5.41) is 0. The molecular formula is C13H17BrN2O2. The van der Waals surface area contributed by atoms with Crippen molar-refractivity contribution in [3.05, 3.63) is 34.3 Å². The highest BCUT2D eigenvalue weighted by Gasteiger charge is 2.25. The number of carbonyl (C=O) groups is 1. The lowest BCUT2D eigenvalue weighted by molar-refractivity contribution is -0.138. The van der Waals surface area contributed by atoms with Gasteiger partial charge in [-0.1, -0.05) is 34.1 Å². The van der Waals surface area contributed by atoms with E-state index in [0.29, 0.717) is 32.7 Å². The lowest BCUT2D eigenvalue weighted by atomic mass is 10.1. The highest BCUT2D eigenvalue weighted by atomic mass is 79.9. The van der Waals surface area contributed by atoms with Gasteiger partial charge < -0.3 is 15.4 Å². The van der Waals surface area contributed by atoms with E-state index in [1.54, 1.807) is 0 Å². The molecule has 1 aliphatic rings. The minimum Gasteiger partial charge on any atom is -0.370 e. The quantitative estimate of drug-likeness (QED) is 0.924. The summed E-state index contributed by atoms with van der Waals surface area (Å²) in [6, 6.07) is 7.95. The number of carbonyl (C=O) groups excluding carboxylic acids is 1. The second kappa shape index (κ2) is 6.31. The van der Waals surface area contributed by atoms with E-state index in [0.717, 1.165) is 10.0 Å². The zero-order valence-electron chi connectivity index (χ0n) is 10.1. The highest BCUT2D eigenvalue weighted by Crippen LogP contribution is 2.28. The Kier molecular flexibility index (Phi) is 4.74. The molecule has 0 aromatic heterocycles. The molecular weight excluding hydrogens is 296 g/mol. The van der Waals surface area contributed by atoms with Crippen LogP contribution in [0.2, 0.25) is 0 Å². The van der Waals surface area contributed by atoms with Crippen molar-refractivity contribution >= 4 is 21.8 Å².